The van der Waals surface area contributed by atoms with Crippen LogP contribution < -0.4 is 5.32 Å². The van der Waals surface area contributed by atoms with Gasteiger partial charge in [-0.2, -0.15) is 39.5 Å². The number of halogens is 11. The summed E-state index contributed by atoms with van der Waals surface area (Å²) < 4.78 is 126. The van der Waals surface area contributed by atoms with Crippen LogP contribution in [0.1, 0.15) is 30.4 Å². The van der Waals surface area contributed by atoms with Crippen LogP contribution in [0.2, 0.25) is 10.0 Å². The van der Waals surface area contributed by atoms with Gasteiger partial charge in [0.1, 0.15) is 11.5 Å². The van der Waals surface area contributed by atoms with Crippen molar-refractivity contribution >= 4 is 46.0 Å². The molecule has 0 saturated heterocycles. The zero-order valence-corrected chi connectivity index (χ0v) is 19.6. The molecule has 0 atom stereocenters. The van der Waals surface area contributed by atoms with Gasteiger partial charge in [-0.3, -0.25) is 4.79 Å². The number of nitrogens with zero attached hydrogens (tertiary/aromatic N) is 4. The summed E-state index contributed by atoms with van der Waals surface area (Å²) in [5.41, 5.74) is -5.08. The number of alkyl halides is 9. The molecule has 2 aromatic heterocycles. The van der Waals surface area contributed by atoms with E-state index < -0.39 is 87.1 Å². The number of rotatable bonds is 6. The fourth-order valence-corrected chi connectivity index (χ4v) is 3.74. The molecule has 1 aromatic carbocycles. The molecule has 0 aliphatic rings. The Hall–Kier alpha value is -3.01. The molecular weight excluding hydrogens is 572 g/mol. The fourth-order valence-electron chi connectivity index (χ4n) is 3.09. The van der Waals surface area contributed by atoms with Crippen molar-refractivity contribution < 1.29 is 49.0 Å². The molecule has 0 amide bonds. The van der Waals surface area contributed by atoms with Crippen molar-refractivity contribution in [3.63, 3.8) is 0 Å². The first kappa shape index (κ1) is 28.6. The molecule has 202 valence electrons. The van der Waals surface area contributed by atoms with E-state index >= 15 is 0 Å². The lowest BCUT2D eigenvalue weighted by Gasteiger charge is -2.16. The van der Waals surface area contributed by atoms with Crippen molar-refractivity contribution in [2.75, 3.05) is 18.5 Å². The summed E-state index contributed by atoms with van der Waals surface area (Å²) in [5.74, 6) is -3.67. The number of carbonyl (C=O) groups excluding carboxylic acids is 1. The number of anilines is 1. The highest BCUT2D eigenvalue weighted by molar-refractivity contribution is 6.38. The third kappa shape index (κ3) is 6.11. The van der Waals surface area contributed by atoms with Gasteiger partial charge in [-0.25, -0.2) is 14.6 Å². The Balaban J connectivity index is 2.33. The zero-order chi connectivity index (χ0) is 27.9. The van der Waals surface area contributed by atoms with Gasteiger partial charge >= 0.3 is 24.5 Å². The highest BCUT2D eigenvalue weighted by atomic mass is 35.5. The number of fused-ring (bicyclic) bond motifs is 1. The molecule has 0 bridgehead atoms. The normalized spacial score (nSPS) is 12.8. The third-order valence-electron chi connectivity index (χ3n) is 4.54. The molecule has 37 heavy (non-hydrogen) atoms. The van der Waals surface area contributed by atoms with Crippen molar-refractivity contribution in [1.82, 2.24) is 19.7 Å². The Labute approximate surface area is 210 Å². The first-order valence-electron chi connectivity index (χ1n) is 9.86. The lowest BCUT2D eigenvalue weighted by molar-refractivity contribution is -0.151. The highest BCUT2D eigenvalue weighted by Gasteiger charge is 2.43. The van der Waals surface area contributed by atoms with Gasteiger partial charge in [-0.05, 0) is 19.1 Å². The second-order valence-electron chi connectivity index (χ2n) is 7.12. The van der Waals surface area contributed by atoms with Crippen molar-refractivity contribution in [3.05, 3.63) is 39.3 Å². The largest absolute Gasteiger partial charge is 0.466 e. The molecular formula is C19H12Cl2F9N5O2. The summed E-state index contributed by atoms with van der Waals surface area (Å²) in [5, 5.41) is 3.43. The molecule has 1 N–H and O–H groups in total. The minimum absolute atomic E-state index is 0.0112. The molecule has 18 heteroatoms. The van der Waals surface area contributed by atoms with E-state index in [4.69, 9.17) is 27.9 Å². The van der Waals surface area contributed by atoms with Gasteiger partial charge in [0.25, 0.3) is 0 Å². The Morgan fingerprint density at radius 3 is 2.05 bits per heavy atom. The molecule has 0 fully saturated rings. The van der Waals surface area contributed by atoms with Gasteiger partial charge in [0, 0.05) is 6.54 Å². The number of esters is 1. The lowest BCUT2D eigenvalue weighted by Crippen LogP contribution is -2.18. The average Bonchev–Trinajstić information content (AvgIpc) is 3.08. The molecule has 3 aromatic rings. The van der Waals surface area contributed by atoms with Crippen molar-refractivity contribution in [2.45, 2.75) is 31.9 Å². The molecule has 7 nitrogen and oxygen atoms in total. The van der Waals surface area contributed by atoms with Crippen LogP contribution in [0.3, 0.4) is 0 Å². The van der Waals surface area contributed by atoms with Crippen LogP contribution in [0.4, 0.5) is 45.3 Å². The van der Waals surface area contributed by atoms with Crippen LogP contribution in [0.5, 0.6) is 0 Å². The maximum absolute atomic E-state index is 13.8. The maximum Gasteiger partial charge on any atom is 0.451 e. The fraction of sp³-hybridized carbons (Fsp3) is 0.368. The molecule has 0 saturated carbocycles. The SMILES string of the molecule is CCOC(=O)CCNc1c2c(C(F)(F)F)nc(C(F)(F)F)nc2nn1-c1c(Cl)cc(C(F)(F)F)cc1Cl. The summed E-state index contributed by atoms with van der Waals surface area (Å²) in [6.45, 7) is 1.05. The minimum Gasteiger partial charge on any atom is -0.466 e. The number of benzene rings is 1. The van der Waals surface area contributed by atoms with Crippen LogP contribution >= 0.6 is 23.2 Å². The third-order valence-corrected chi connectivity index (χ3v) is 5.11. The number of carbonyl (C=O) groups is 1. The second kappa shape index (κ2) is 10.0. The monoisotopic (exact) mass is 583 g/mol. The van der Waals surface area contributed by atoms with E-state index in [1.165, 1.54) is 6.92 Å². The van der Waals surface area contributed by atoms with Crippen molar-refractivity contribution in [1.29, 1.82) is 0 Å². The van der Waals surface area contributed by atoms with E-state index in [2.05, 4.69) is 20.4 Å². The lowest BCUT2D eigenvalue weighted by atomic mass is 10.2. The van der Waals surface area contributed by atoms with E-state index in [0.717, 1.165) is 0 Å². The van der Waals surface area contributed by atoms with Crippen LogP contribution in [-0.2, 0) is 28.1 Å². The van der Waals surface area contributed by atoms with E-state index in [9.17, 15) is 44.3 Å². The number of aromatic nitrogens is 4. The number of hydrogen-bond acceptors (Lipinski definition) is 6. The van der Waals surface area contributed by atoms with Crippen LogP contribution in [0.15, 0.2) is 12.1 Å². The summed E-state index contributed by atoms with van der Waals surface area (Å²) in [4.78, 5) is 17.3. The van der Waals surface area contributed by atoms with E-state index in [-0.39, 0.29) is 6.61 Å². The van der Waals surface area contributed by atoms with Gasteiger partial charge in [0.15, 0.2) is 11.3 Å². The molecule has 0 unspecified atom stereocenters. The minimum atomic E-state index is -5.46. The smallest absolute Gasteiger partial charge is 0.451 e. The van der Waals surface area contributed by atoms with Crippen LogP contribution in [0, 0.1) is 0 Å². The van der Waals surface area contributed by atoms with Crippen molar-refractivity contribution in [2.24, 2.45) is 0 Å². The standard InChI is InChI=1S/C19H12Cl2F9N5O2/c1-2-37-10(36)3-4-31-15-11-13(18(25,26)27)32-16(19(28,29)30)33-14(11)34-35(15)12-8(20)5-7(6-9(12)21)17(22,23)24/h5-6,31H,2-4H2,1H3. The summed E-state index contributed by atoms with van der Waals surface area (Å²) in [7, 11) is 0. The molecule has 0 radical (unpaired) electrons. The van der Waals surface area contributed by atoms with Gasteiger partial charge in [-0.15, -0.1) is 5.10 Å². The van der Waals surface area contributed by atoms with Crippen molar-refractivity contribution in [3.8, 4) is 5.69 Å². The van der Waals surface area contributed by atoms with Gasteiger partial charge in [-0.1, -0.05) is 23.2 Å². The average molecular weight is 584 g/mol. The van der Waals surface area contributed by atoms with Gasteiger partial charge in [0.05, 0.1) is 34.0 Å². The molecule has 0 spiro atoms. The Bertz CT molecular complexity index is 1310. The summed E-state index contributed by atoms with van der Waals surface area (Å²) in [6, 6.07) is 0.796. The highest BCUT2D eigenvalue weighted by Crippen LogP contribution is 2.43. The molecule has 2 heterocycles. The Morgan fingerprint density at radius 2 is 1.57 bits per heavy atom. The maximum atomic E-state index is 13.8. The topological polar surface area (TPSA) is 81.9 Å². The predicted molar refractivity (Wildman–Crippen MR) is 111 cm³/mol. The Kier molecular flexibility index (Phi) is 7.75. The zero-order valence-electron chi connectivity index (χ0n) is 18.0. The Morgan fingerprint density at radius 1 is 0.973 bits per heavy atom. The number of hydrogen-bond donors (Lipinski definition) is 1. The first-order chi connectivity index (χ1) is 16.9. The van der Waals surface area contributed by atoms with Crippen LogP contribution in [0.25, 0.3) is 16.7 Å². The van der Waals surface area contributed by atoms with Gasteiger partial charge in [0.2, 0.25) is 5.82 Å². The predicted octanol–water partition coefficient (Wildman–Crippen LogP) is 6.54. The quantitative estimate of drug-likeness (QED) is 0.262. The molecule has 0 aliphatic carbocycles. The van der Waals surface area contributed by atoms with Gasteiger partial charge < -0.3 is 10.1 Å². The molecule has 3 rings (SSSR count). The van der Waals surface area contributed by atoms with Crippen LogP contribution in [-0.4, -0.2) is 38.9 Å². The molecule has 0 aliphatic heterocycles. The number of nitrogens with one attached hydrogen (secondary N) is 1. The second-order valence-corrected chi connectivity index (χ2v) is 7.93. The van der Waals surface area contributed by atoms with E-state index in [1.807, 2.05) is 0 Å². The van der Waals surface area contributed by atoms with E-state index in [1.54, 1.807) is 0 Å². The number of ether oxygens (including phenoxy) is 1. The van der Waals surface area contributed by atoms with E-state index in [0.29, 0.717) is 16.8 Å². The summed E-state index contributed by atoms with van der Waals surface area (Å²) >= 11 is 11.9. The summed E-state index contributed by atoms with van der Waals surface area (Å²) in [6.07, 6.45) is -16.2. The first-order valence-corrected chi connectivity index (χ1v) is 10.6.